The van der Waals surface area contributed by atoms with Gasteiger partial charge in [-0.25, -0.2) is 9.97 Å². The molecular weight excluding hydrogens is 228 g/mol. The molecule has 0 atom stereocenters. The zero-order valence-corrected chi connectivity index (χ0v) is 11.0. The molecule has 2 rings (SSSR count). The molecule has 1 aliphatic heterocycles. The van der Waals surface area contributed by atoms with Crippen molar-refractivity contribution in [2.75, 3.05) is 31.1 Å². The number of hydrogen-bond donors (Lipinski definition) is 1. The summed E-state index contributed by atoms with van der Waals surface area (Å²) in [5, 5.41) is 0. The Bertz CT molecular complexity index is 364. The van der Waals surface area contributed by atoms with Crippen LogP contribution in [0.15, 0.2) is 12.3 Å². The minimum Gasteiger partial charge on any atom is -0.378 e. The lowest BCUT2D eigenvalue weighted by atomic mass is 10.1. The monoisotopic (exact) mass is 250 g/mol. The van der Waals surface area contributed by atoms with E-state index in [2.05, 4.69) is 14.9 Å². The summed E-state index contributed by atoms with van der Waals surface area (Å²) in [7, 11) is 0. The molecule has 0 unspecified atom stereocenters. The van der Waals surface area contributed by atoms with Crippen molar-refractivity contribution in [1.29, 1.82) is 0 Å². The lowest BCUT2D eigenvalue weighted by Crippen LogP contribution is -2.38. The van der Waals surface area contributed by atoms with Crippen LogP contribution in [0.5, 0.6) is 0 Å². The Kier molecular flexibility index (Phi) is 4.90. The Labute approximate surface area is 108 Å². The first-order valence-corrected chi connectivity index (χ1v) is 6.66. The summed E-state index contributed by atoms with van der Waals surface area (Å²) in [4.78, 5) is 11.0. The number of hydrogen-bond acceptors (Lipinski definition) is 5. The van der Waals surface area contributed by atoms with E-state index in [1.807, 2.05) is 19.2 Å². The topological polar surface area (TPSA) is 64.3 Å². The van der Waals surface area contributed by atoms with Gasteiger partial charge in [-0.1, -0.05) is 0 Å². The Morgan fingerprint density at radius 1 is 1.44 bits per heavy atom. The van der Waals surface area contributed by atoms with Gasteiger partial charge in [0.2, 0.25) is 5.95 Å². The molecule has 100 valence electrons. The predicted molar refractivity (Wildman–Crippen MR) is 71.6 cm³/mol. The van der Waals surface area contributed by atoms with Crippen molar-refractivity contribution in [1.82, 2.24) is 9.97 Å². The van der Waals surface area contributed by atoms with E-state index >= 15 is 0 Å². The van der Waals surface area contributed by atoms with Crippen molar-refractivity contribution in [3.8, 4) is 0 Å². The van der Waals surface area contributed by atoms with Gasteiger partial charge in [-0.3, -0.25) is 0 Å². The van der Waals surface area contributed by atoms with E-state index < -0.39 is 0 Å². The van der Waals surface area contributed by atoms with E-state index in [1.165, 1.54) is 0 Å². The molecule has 2 heterocycles. The summed E-state index contributed by atoms with van der Waals surface area (Å²) < 4.78 is 5.78. The molecule has 1 aromatic heterocycles. The van der Waals surface area contributed by atoms with Crippen molar-refractivity contribution >= 4 is 5.95 Å². The van der Waals surface area contributed by atoms with Crippen LogP contribution in [0.4, 0.5) is 5.95 Å². The molecule has 0 aliphatic carbocycles. The second-order valence-electron chi connectivity index (χ2n) is 4.70. The smallest absolute Gasteiger partial charge is 0.225 e. The average Bonchev–Trinajstić information content (AvgIpc) is 2.40. The number of rotatable bonds is 5. The maximum Gasteiger partial charge on any atom is 0.225 e. The summed E-state index contributed by atoms with van der Waals surface area (Å²) in [5.74, 6) is 0.843. The highest BCUT2D eigenvalue weighted by Crippen LogP contribution is 2.18. The largest absolute Gasteiger partial charge is 0.378 e. The van der Waals surface area contributed by atoms with E-state index in [4.69, 9.17) is 10.5 Å². The molecule has 0 saturated carbocycles. The molecule has 5 heteroatoms. The Balaban J connectivity index is 1.79. The molecule has 0 spiro atoms. The Morgan fingerprint density at radius 3 is 2.89 bits per heavy atom. The van der Waals surface area contributed by atoms with Gasteiger partial charge >= 0.3 is 0 Å². The van der Waals surface area contributed by atoms with Gasteiger partial charge in [0.25, 0.3) is 0 Å². The average molecular weight is 250 g/mol. The van der Waals surface area contributed by atoms with Crippen molar-refractivity contribution in [3.05, 3.63) is 18.0 Å². The second-order valence-corrected chi connectivity index (χ2v) is 4.70. The maximum absolute atomic E-state index is 5.78. The van der Waals surface area contributed by atoms with Gasteiger partial charge in [-0.15, -0.1) is 0 Å². The summed E-state index contributed by atoms with van der Waals surface area (Å²) in [5.41, 5.74) is 6.47. The minimum atomic E-state index is 0.373. The fourth-order valence-corrected chi connectivity index (χ4v) is 2.14. The number of ether oxygens (including phenoxy) is 1. The summed E-state index contributed by atoms with van der Waals surface area (Å²) in [6.45, 7) is 5.42. The molecule has 0 aromatic carbocycles. The third-order valence-electron chi connectivity index (χ3n) is 3.21. The minimum absolute atomic E-state index is 0.373. The van der Waals surface area contributed by atoms with Crippen molar-refractivity contribution < 1.29 is 4.74 Å². The molecule has 0 radical (unpaired) electrons. The van der Waals surface area contributed by atoms with Crippen LogP contribution in [-0.2, 0) is 4.74 Å². The highest BCUT2D eigenvalue weighted by Gasteiger charge is 2.21. The van der Waals surface area contributed by atoms with E-state index in [0.29, 0.717) is 12.6 Å². The highest BCUT2D eigenvalue weighted by atomic mass is 16.5. The van der Waals surface area contributed by atoms with Crippen LogP contribution < -0.4 is 10.6 Å². The summed E-state index contributed by atoms with van der Waals surface area (Å²) in [6.07, 6.45) is 5.23. The first-order chi connectivity index (χ1) is 8.79. The number of piperidine rings is 1. The van der Waals surface area contributed by atoms with Gasteiger partial charge in [0, 0.05) is 31.6 Å². The van der Waals surface area contributed by atoms with Crippen LogP contribution in [0.25, 0.3) is 0 Å². The number of nitrogens with zero attached hydrogens (tertiary/aromatic N) is 3. The van der Waals surface area contributed by atoms with E-state index in [9.17, 15) is 0 Å². The van der Waals surface area contributed by atoms with Gasteiger partial charge < -0.3 is 15.4 Å². The molecule has 0 amide bonds. The van der Waals surface area contributed by atoms with Crippen LogP contribution in [0.3, 0.4) is 0 Å². The van der Waals surface area contributed by atoms with E-state index in [1.54, 1.807) is 0 Å². The Hall–Kier alpha value is -1.20. The van der Waals surface area contributed by atoms with Gasteiger partial charge in [-0.2, -0.15) is 0 Å². The standard InChI is InChI=1S/C13H22N4O/c1-11-3-7-15-13(16-11)17-8-4-12(5-9-17)18-10-2-6-14/h3,7,12H,2,4-6,8-10,14H2,1H3. The molecule has 1 aromatic rings. The first-order valence-electron chi connectivity index (χ1n) is 6.66. The normalized spacial score (nSPS) is 17.1. The van der Waals surface area contributed by atoms with Crippen LogP contribution in [0.2, 0.25) is 0 Å². The number of aromatic nitrogens is 2. The molecule has 1 fully saturated rings. The first kappa shape index (κ1) is 13.2. The van der Waals surface area contributed by atoms with Crippen LogP contribution in [-0.4, -0.2) is 42.3 Å². The SMILES string of the molecule is Cc1ccnc(N2CCC(OCCCN)CC2)n1. The molecule has 1 saturated heterocycles. The van der Waals surface area contributed by atoms with Gasteiger partial charge in [0.1, 0.15) is 0 Å². The number of anilines is 1. The van der Waals surface area contributed by atoms with Gasteiger partial charge in [0.15, 0.2) is 0 Å². The second kappa shape index (κ2) is 6.66. The van der Waals surface area contributed by atoms with Gasteiger partial charge in [-0.05, 0) is 38.8 Å². The van der Waals surface area contributed by atoms with Crippen molar-refractivity contribution in [2.45, 2.75) is 32.3 Å². The predicted octanol–water partition coefficient (Wildman–Crippen LogP) is 1.12. The highest BCUT2D eigenvalue weighted by molar-refractivity contribution is 5.30. The van der Waals surface area contributed by atoms with Crippen LogP contribution >= 0.6 is 0 Å². The zero-order chi connectivity index (χ0) is 12.8. The lowest BCUT2D eigenvalue weighted by Gasteiger charge is -2.32. The molecule has 5 nitrogen and oxygen atoms in total. The van der Waals surface area contributed by atoms with E-state index in [0.717, 1.165) is 50.6 Å². The van der Waals surface area contributed by atoms with Crippen molar-refractivity contribution in [3.63, 3.8) is 0 Å². The third-order valence-corrected chi connectivity index (χ3v) is 3.21. The molecular formula is C13H22N4O. The fourth-order valence-electron chi connectivity index (χ4n) is 2.14. The molecule has 2 N–H and O–H groups in total. The number of nitrogens with two attached hydrogens (primary N) is 1. The summed E-state index contributed by atoms with van der Waals surface area (Å²) in [6, 6.07) is 1.92. The lowest BCUT2D eigenvalue weighted by molar-refractivity contribution is 0.0364. The number of aryl methyl sites for hydroxylation is 1. The maximum atomic E-state index is 5.78. The molecule has 1 aliphatic rings. The molecule has 18 heavy (non-hydrogen) atoms. The zero-order valence-electron chi connectivity index (χ0n) is 11.0. The van der Waals surface area contributed by atoms with Gasteiger partial charge in [0.05, 0.1) is 6.10 Å². The van der Waals surface area contributed by atoms with E-state index in [-0.39, 0.29) is 0 Å². The van der Waals surface area contributed by atoms with Crippen molar-refractivity contribution in [2.24, 2.45) is 5.73 Å². The molecule has 0 bridgehead atoms. The Morgan fingerprint density at radius 2 is 2.22 bits per heavy atom. The van der Waals surface area contributed by atoms with Crippen LogP contribution in [0.1, 0.15) is 25.0 Å². The van der Waals surface area contributed by atoms with Crippen LogP contribution in [0, 0.1) is 6.92 Å². The third kappa shape index (κ3) is 3.65. The summed E-state index contributed by atoms with van der Waals surface area (Å²) >= 11 is 0. The quantitative estimate of drug-likeness (QED) is 0.793. The fraction of sp³-hybridized carbons (Fsp3) is 0.692.